The molecule has 1 amide bonds. The van der Waals surface area contributed by atoms with Crippen LogP contribution < -0.4 is 5.32 Å². The molecule has 2 aromatic rings. The molecule has 1 aromatic heterocycles. The number of ether oxygens (including phenoxy) is 1. The second kappa shape index (κ2) is 5.40. The van der Waals surface area contributed by atoms with Gasteiger partial charge in [-0.25, -0.2) is 4.79 Å². The van der Waals surface area contributed by atoms with Crippen molar-refractivity contribution in [1.82, 2.24) is 10.2 Å². The van der Waals surface area contributed by atoms with E-state index >= 15 is 0 Å². The Labute approximate surface area is 121 Å². The summed E-state index contributed by atoms with van der Waals surface area (Å²) in [6.07, 6.45) is 2.33. The molecule has 1 aliphatic rings. The first kappa shape index (κ1) is 13.4. The number of methoxy groups -OCH3 is 1. The van der Waals surface area contributed by atoms with Crippen LogP contribution >= 0.6 is 0 Å². The smallest absolute Gasteiger partial charge is 0.337 e. The molecule has 1 heterocycles. The van der Waals surface area contributed by atoms with Gasteiger partial charge in [0.15, 0.2) is 5.82 Å². The fourth-order valence-corrected chi connectivity index (χ4v) is 2.10. The largest absolute Gasteiger partial charge is 0.465 e. The van der Waals surface area contributed by atoms with Gasteiger partial charge in [0.25, 0.3) is 5.91 Å². The van der Waals surface area contributed by atoms with E-state index in [0.29, 0.717) is 22.9 Å². The molecule has 0 saturated heterocycles. The molecule has 1 fully saturated rings. The summed E-state index contributed by atoms with van der Waals surface area (Å²) in [6, 6.07) is 8.22. The Bertz CT molecular complexity index is 689. The topological polar surface area (TPSA) is 84.1 Å². The molecular weight excluding hydrogens is 270 g/mol. The lowest BCUT2D eigenvalue weighted by Gasteiger charge is -2.04. The van der Waals surface area contributed by atoms with Crippen LogP contribution in [0.25, 0.3) is 0 Å². The zero-order valence-electron chi connectivity index (χ0n) is 11.6. The molecule has 3 rings (SSSR count). The number of hydrogen-bond acceptors (Lipinski definition) is 4. The molecule has 2 N–H and O–H groups in total. The van der Waals surface area contributed by atoms with Crippen LogP contribution in [0.5, 0.6) is 0 Å². The number of esters is 1. The van der Waals surface area contributed by atoms with Gasteiger partial charge in [0.1, 0.15) is 0 Å². The van der Waals surface area contributed by atoms with E-state index in [1.165, 1.54) is 13.2 Å². The molecule has 1 aliphatic carbocycles. The van der Waals surface area contributed by atoms with Crippen molar-refractivity contribution in [3.8, 4) is 0 Å². The zero-order valence-corrected chi connectivity index (χ0v) is 11.6. The lowest BCUT2D eigenvalue weighted by molar-refractivity contribution is 0.0600. The SMILES string of the molecule is COC(=O)c1cccc(C(=O)Nc2cc(C3CC3)[nH]n2)c1. The quantitative estimate of drug-likeness (QED) is 0.844. The minimum absolute atomic E-state index is 0.311. The number of hydrogen-bond donors (Lipinski definition) is 2. The van der Waals surface area contributed by atoms with Crippen LogP contribution in [-0.4, -0.2) is 29.2 Å². The highest BCUT2D eigenvalue weighted by Gasteiger charge is 2.25. The Morgan fingerprint density at radius 3 is 2.76 bits per heavy atom. The Morgan fingerprint density at radius 1 is 1.29 bits per heavy atom. The van der Waals surface area contributed by atoms with E-state index < -0.39 is 5.97 Å². The van der Waals surface area contributed by atoms with Crippen molar-refractivity contribution < 1.29 is 14.3 Å². The molecule has 0 bridgehead atoms. The minimum atomic E-state index is -0.472. The molecule has 1 saturated carbocycles. The van der Waals surface area contributed by atoms with Crippen LogP contribution in [0.3, 0.4) is 0 Å². The maximum atomic E-state index is 12.2. The molecular formula is C15H15N3O3. The summed E-state index contributed by atoms with van der Waals surface area (Å²) in [4.78, 5) is 23.6. The Kier molecular flexibility index (Phi) is 3.43. The van der Waals surface area contributed by atoms with E-state index in [9.17, 15) is 9.59 Å². The van der Waals surface area contributed by atoms with Crippen molar-refractivity contribution in [3.63, 3.8) is 0 Å². The number of H-pyrrole nitrogens is 1. The molecule has 6 heteroatoms. The van der Waals surface area contributed by atoms with E-state index in [4.69, 9.17) is 0 Å². The van der Waals surface area contributed by atoms with Crippen LogP contribution in [0.15, 0.2) is 30.3 Å². The predicted molar refractivity (Wildman–Crippen MR) is 76.3 cm³/mol. The molecule has 21 heavy (non-hydrogen) atoms. The number of nitrogens with zero attached hydrogens (tertiary/aromatic N) is 1. The van der Waals surface area contributed by atoms with Gasteiger partial charge in [-0.2, -0.15) is 5.10 Å². The Hall–Kier alpha value is -2.63. The number of amides is 1. The first-order chi connectivity index (χ1) is 10.2. The van der Waals surface area contributed by atoms with Gasteiger partial charge in [0.2, 0.25) is 0 Å². The standard InChI is InChI=1S/C15H15N3O3/c1-21-15(20)11-4-2-3-10(7-11)14(19)16-13-8-12(17-18-13)9-5-6-9/h2-4,7-9H,5-6H2,1H3,(H2,16,17,18,19). The monoisotopic (exact) mass is 285 g/mol. The highest BCUT2D eigenvalue weighted by Crippen LogP contribution is 2.39. The maximum Gasteiger partial charge on any atom is 0.337 e. The second-order valence-electron chi connectivity index (χ2n) is 5.01. The van der Waals surface area contributed by atoms with Gasteiger partial charge in [-0.05, 0) is 31.0 Å². The number of aromatic amines is 1. The zero-order chi connectivity index (χ0) is 14.8. The number of nitrogens with one attached hydrogen (secondary N) is 2. The molecule has 0 spiro atoms. The third-order valence-electron chi connectivity index (χ3n) is 3.40. The predicted octanol–water partition coefficient (Wildman–Crippen LogP) is 2.33. The van der Waals surface area contributed by atoms with Crippen LogP contribution in [0.2, 0.25) is 0 Å². The number of rotatable bonds is 4. The summed E-state index contributed by atoms with van der Waals surface area (Å²) in [5.74, 6) is 0.256. The summed E-state index contributed by atoms with van der Waals surface area (Å²) in [5, 5.41) is 9.70. The van der Waals surface area contributed by atoms with Crippen LogP contribution in [0.1, 0.15) is 45.2 Å². The molecule has 0 atom stereocenters. The van der Waals surface area contributed by atoms with E-state index in [1.54, 1.807) is 18.2 Å². The molecule has 108 valence electrons. The summed E-state index contributed by atoms with van der Waals surface area (Å²) in [5.41, 5.74) is 1.77. The van der Waals surface area contributed by atoms with Gasteiger partial charge in [0.05, 0.1) is 12.7 Å². The van der Waals surface area contributed by atoms with Gasteiger partial charge >= 0.3 is 5.97 Å². The lowest BCUT2D eigenvalue weighted by Crippen LogP contribution is -2.13. The summed E-state index contributed by atoms with van der Waals surface area (Å²) in [6.45, 7) is 0. The summed E-state index contributed by atoms with van der Waals surface area (Å²) < 4.78 is 4.64. The van der Waals surface area contributed by atoms with E-state index in [2.05, 4.69) is 20.3 Å². The average molecular weight is 285 g/mol. The highest BCUT2D eigenvalue weighted by atomic mass is 16.5. The first-order valence-corrected chi connectivity index (χ1v) is 6.72. The minimum Gasteiger partial charge on any atom is -0.465 e. The van der Waals surface area contributed by atoms with Gasteiger partial charge in [-0.15, -0.1) is 0 Å². The van der Waals surface area contributed by atoms with Crippen molar-refractivity contribution in [1.29, 1.82) is 0 Å². The van der Waals surface area contributed by atoms with Crippen molar-refractivity contribution in [2.24, 2.45) is 0 Å². The fourth-order valence-electron chi connectivity index (χ4n) is 2.10. The van der Waals surface area contributed by atoms with E-state index in [0.717, 1.165) is 18.5 Å². The van der Waals surface area contributed by atoms with Crippen LogP contribution in [0, 0.1) is 0 Å². The number of anilines is 1. The summed E-state index contributed by atoms with van der Waals surface area (Å²) in [7, 11) is 1.30. The second-order valence-corrected chi connectivity index (χ2v) is 5.01. The van der Waals surface area contributed by atoms with Crippen molar-refractivity contribution in [2.45, 2.75) is 18.8 Å². The summed E-state index contributed by atoms with van der Waals surface area (Å²) >= 11 is 0. The molecule has 6 nitrogen and oxygen atoms in total. The van der Waals surface area contributed by atoms with Gasteiger partial charge in [-0.3, -0.25) is 9.89 Å². The first-order valence-electron chi connectivity index (χ1n) is 6.72. The number of aromatic nitrogens is 2. The molecule has 1 aromatic carbocycles. The number of benzene rings is 1. The van der Waals surface area contributed by atoms with E-state index in [-0.39, 0.29) is 5.91 Å². The number of carbonyl (C=O) groups excluding carboxylic acids is 2. The van der Waals surface area contributed by atoms with Crippen molar-refractivity contribution in [3.05, 3.63) is 47.2 Å². The van der Waals surface area contributed by atoms with Gasteiger partial charge < -0.3 is 10.1 Å². The average Bonchev–Trinajstić information content (AvgIpc) is 3.27. The van der Waals surface area contributed by atoms with Crippen LogP contribution in [-0.2, 0) is 4.74 Å². The highest BCUT2D eigenvalue weighted by molar-refractivity contribution is 6.05. The normalized spacial score (nSPS) is 13.8. The Balaban J connectivity index is 1.73. The third-order valence-corrected chi connectivity index (χ3v) is 3.40. The molecule has 0 aliphatic heterocycles. The van der Waals surface area contributed by atoms with Crippen molar-refractivity contribution in [2.75, 3.05) is 12.4 Å². The van der Waals surface area contributed by atoms with Gasteiger partial charge in [-0.1, -0.05) is 6.07 Å². The fraction of sp³-hybridized carbons (Fsp3) is 0.267. The molecule has 0 unspecified atom stereocenters. The molecule has 0 radical (unpaired) electrons. The van der Waals surface area contributed by atoms with Crippen LogP contribution in [0.4, 0.5) is 5.82 Å². The maximum absolute atomic E-state index is 12.2. The van der Waals surface area contributed by atoms with E-state index in [1.807, 2.05) is 6.07 Å². The van der Waals surface area contributed by atoms with Crippen molar-refractivity contribution >= 4 is 17.7 Å². The number of carbonyl (C=O) groups is 2. The Morgan fingerprint density at radius 2 is 2.05 bits per heavy atom. The van der Waals surface area contributed by atoms with Gasteiger partial charge in [0, 0.05) is 23.2 Å². The third kappa shape index (κ3) is 2.94. The lowest BCUT2D eigenvalue weighted by atomic mass is 10.1.